The molecule has 0 spiro atoms. The van der Waals surface area contributed by atoms with Gasteiger partial charge in [-0.25, -0.2) is 0 Å². The van der Waals surface area contributed by atoms with Crippen molar-refractivity contribution < 1.29 is 22.8 Å². The molecule has 6 nitrogen and oxygen atoms in total. The van der Waals surface area contributed by atoms with Gasteiger partial charge in [0.15, 0.2) is 6.10 Å². The van der Waals surface area contributed by atoms with Crippen LogP contribution in [0.15, 0.2) is 0 Å². The summed E-state index contributed by atoms with van der Waals surface area (Å²) >= 11 is -2.60. The van der Waals surface area contributed by atoms with E-state index in [2.05, 4.69) is 4.18 Å². The van der Waals surface area contributed by atoms with Gasteiger partial charge in [0.25, 0.3) is 5.91 Å². The maximum atomic E-state index is 10.4. The van der Waals surface area contributed by atoms with Gasteiger partial charge in [0.1, 0.15) is 0 Å². The molecule has 0 aromatic heterocycles. The molecule has 0 aliphatic heterocycles. The average Bonchev–Trinajstić information content (AvgIpc) is 1.81. The smallest absolute Gasteiger partial charge is 0.302 e. The van der Waals surface area contributed by atoms with Crippen molar-refractivity contribution in [1.29, 1.82) is 0 Å². The van der Waals surface area contributed by atoms with Gasteiger partial charge in [0, 0.05) is 0 Å². The number of rotatable bonds is 4. The number of hydrogen-bond acceptors (Lipinski definition) is 4. The van der Waals surface area contributed by atoms with Crippen molar-refractivity contribution >= 4 is 17.3 Å². The van der Waals surface area contributed by atoms with Gasteiger partial charge in [0.05, 0.1) is 6.10 Å². The standard InChI is InChI=1S/C4H9NO5S/c1-2(6)3(4(5)7)10-11(8)9/h2-3,6H,1H3,(H2,5,7)(H,8,9)/t2-,3-/m1/s1. The third-order valence-electron chi connectivity index (χ3n) is 0.905. The summed E-state index contributed by atoms with van der Waals surface area (Å²) in [6.07, 6.45) is -2.65. The Morgan fingerprint density at radius 2 is 2.18 bits per heavy atom. The molecule has 3 atom stereocenters. The molecule has 0 heterocycles. The molecule has 4 N–H and O–H groups in total. The zero-order valence-electron chi connectivity index (χ0n) is 5.76. The number of carbonyl (C=O) groups is 1. The molecule has 0 aliphatic carbocycles. The number of hydrogen-bond donors (Lipinski definition) is 3. The average molecular weight is 183 g/mol. The summed E-state index contributed by atoms with van der Waals surface area (Å²) in [5.41, 5.74) is 4.72. The molecule has 0 saturated heterocycles. The van der Waals surface area contributed by atoms with Crippen LogP contribution < -0.4 is 5.73 Å². The molecule has 0 aromatic rings. The second-order valence-electron chi connectivity index (χ2n) is 1.88. The van der Waals surface area contributed by atoms with Crippen molar-refractivity contribution in [1.82, 2.24) is 0 Å². The van der Waals surface area contributed by atoms with Crippen molar-refractivity contribution in [2.24, 2.45) is 5.73 Å². The lowest BCUT2D eigenvalue weighted by Gasteiger charge is -2.13. The molecule has 0 bridgehead atoms. The molecule has 0 fully saturated rings. The van der Waals surface area contributed by atoms with Crippen LogP contribution in [0.3, 0.4) is 0 Å². The lowest BCUT2D eigenvalue weighted by molar-refractivity contribution is -0.128. The summed E-state index contributed by atoms with van der Waals surface area (Å²) in [4.78, 5) is 10.4. The van der Waals surface area contributed by atoms with Gasteiger partial charge >= 0.3 is 11.4 Å². The molecule has 1 amide bonds. The quantitative estimate of drug-likeness (QED) is 0.453. The Morgan fingerprint density at radius 1 is 1.73 bits per heavy atom. The number of primary amides is 1. The molecule has 11 heavy (non-hydrogen) atoms. The second-order valence-corrected chi connectivity index (χ2v) is 2.50. The number of aliphatic hydroxyl groups excluding tert-OH is 1. The fourth-order valence-corrected chi connectivity index (χ4v) is 0.887. The van der Waals surface area contributed by atoms with Crippen molar-refractivity contribution in [3.63, 3.8) is 0 Å². The van der Waals surface area contributed by atoms with Gasteiger partial charge in [-0.15, -0.1) is 0 Å². The Morgan fingerprint density at radius 3 is 2.27 bits per heavy atom. The lowest BCUT2D eigenvalue weighted by atomic mass is 10.2. The number of aliphatic hydroxyl groups is 1. The summed E-state index contributed by atoms with van der Waals surface area (Å²) in [7, 11) is 0. The first-order chi connectivity index (χ1) is 4.95. The van der Waals surface area contributed by atoms with Crippen LogP contribution in [0.25, 0.3) is 0 Å². The van der Waals surface area contributed by atoms with E-state index < -0.39 is 29.5 Å². The number of carbonyl (C=O) groups excluding carboxylic acids is 1. The van der Waals surface area contributed by atoms with E-state index in [9.17, 15) is 9.00 Å². The topological polar surface area (TPSA) is 110 Å². The lowest BCUT2D eigenvalue weighted by Crippen LogP contribution is -2.39. The zero-order chi connectivity index (χ0) is 9.02. The molecule has 0 rings (SSSR count). The van der Waals surface area contributed by atoms with Crippen LogP contribution in [-0.2, 0) is 20.3 Å². The van der Waals surface area contributed by atoms with Gasteiger partial charge in [0.2, 0.25) is 0 Å². The van der Waals surface area contributed by atoms with Gasteiger partial charge in [-0.3, -0.25) is 13.5 Å². The molecular formula is C4H9NO5S. The summed E-state index contributed by atoms with van der Waals surface area (Å²) in [5, 5.41) is 8.76. The van der Waals surface area contributed by atoms with Gasteiger partial charge in [-0.1, -0.05) is 0 Å². The van der Waals surface area contributed by atoms with E-state index in [0.29, 0.717) is 0 Å². The summed E-state index contributed by atoms with van der Waals surface area (Å²) in [6, 6.07) is 0. The summed E-state index contributed by atoms with van der Waals surface area (Å²) < 4.78 is 22.2. The van der Waals surface area contributed by atoms with Crippen LogP contribution in [0.1, 0.15) is 6.92 Å². The Kier molecular flexibility index (Phi) is 4.19. The zero-order valence-corrected chi connectivity index (χ0v) is 6.58. The highest BCUT2D eigenvalue weighted by Gasteiger charge is 2.24. The Balaban J connectivity index is 4.12. The van der Waals surface area contributed by atoms with Crippen LogP contribution in [0.5, 0.6) is 0 Å². The van der Waals surface area contributed by atoms with Crippen LogP contribution >= 0.6 is 0 Å². The number of amides is 1. The highest BCUT2D eigenvalue weighted by Crippen LogP contribution is 1.99. The molecule has 66 valence electrons. The highest BCUT2D eigenvalue weighted by atomic mass is 32.2. The molecule has 0 radical (unpaired) electrons. The predicted molar refractivity (Wildman–Crippen MR) is 36.5 cm³/mol. The van der Waals surface area contributed by atoms with Crippen molar-refractivity contribution in [2.75, 3.05) is 0 Å². The Labute approximate surface area is 65.8 Å². The third-order valence-corrected chi connectivity index (χ3v) is 1.28. The minimum atomic E-state index is -2.60. The summed E-state index contributed by atoms with van der Waals surface area (Å²) in [5.74, 6) is -0.984. The first kappa shape index (κ1) is 10.5. The van der Waals surface area contributed by atoms with Crippen LogP contribution in [0.2, 0.25) is 0 Å². The fraction of sp³-hybridized carbons (Fsp3) is 0.750. The summed E-state index contributed by atoms with van der Waals surface area (Å²) in [6.45, 7) is 1.22. The SMILES string of the molecule is C[C@@H](O)[C@@H](OS(=O)O)C(N)=O. The Bertz CT molecular complexity index is 170. The maximum absolute atomic E-state index is 10.4. The first-order valence-electron chi connectivity index (χ1n) is 2.70. The van der Waals surface area contributed by atoms with Crippen molar-refractivity contribution in [3.05, 3.63) is 0 Å². The third kappa shape index (κ3) is 4.04. The molecule has 0 aromatic carbocycles. The normalized spacial score (nSPS) is 18.8. The monoisotopic (exact) mass is 183 g/mol. The van der Waals surface area contributed by atoms with E-state index in [4.69, 9.17) is 15.4 Å². The fourth-order valence-electron chi connectivity index (χ4n) is 0.454. The first-order valence-corrected chi connectivity index (χ1v) is 3.73. The van der Waals surface area contributed by atoms with E-state index >= 15 is 0 Å². The molecule has 7 heteroatoms. The van der Waals surface area contributed by atoms with Gasteiger partial charge in [-0.05, 0) is 6.92 Å². The largest absolute Gasteiger partial charge is 0.390 e. The molecule has 0 saturated carbocycles. The second kappa shape index (κ2) is 4.39. The van der Waals surface area contributed by atoms with Crippen LogP contribution in [0.4, 0.5) is 0 Å². The van der Waals surface area contributed by atoms with Gasteiger partial charge in [-0.2, -0.15) is 4.21 Å². The van der Waals surface area contributed by atoms with E-state index in [-0.39, 0.29) is 0 Å². The van der Waals surface area contributed by atoms with E-state index in [1.807, 2.05) is 0 Å². The van der Waals surface area contributed by atoms with Crippen LogP contribution in [-0.4, -0.2) is 32.0 Å². The predicted octanol–water partition coefficient (Wildman–Crippen LogP) is -1.63. The van der Waals surface area contributed by atoms with Crippen molar-refractivity contribution in [2.45, 2.75) is 19.1 Å². The van der Waals surface area contributed by atoms with Crippen molar-refractivity contribution in [3.8, 4) is 0 Å². The van der Waals surface area contributed by atoms with Gasteiger partial charge < -0.3 is 10.8 Å². The minimum absolute atomic E-state index is 0.984. The van der Waals surface area contributed by atoms with Crippen LogP contribution in [0, 0.1) is 0 Å². The number of nitrogens with two attached hydrogens (primary N) is 1. The van der Waals surface area contributed by atoms with E-state index in [0.717, 1.165) is 0 Å². The van der Waals surface area contributed by atoms with E-state index in [1.165, 1.54) is 6.92 Å². The molecular weight excluding hydrogens is 174 g/mol. The molecule has 1 unspecified atom stereocenters. The Hall–Kier alpha value is -0.500. The van der Waals surface area contributed by atoms with E-state index in [1.54, 1.807) is 0 Å². The molecule has 0 aliphatic rings. The maximum Gasteiger partial charge on any atom is 0.302 e. The minimum Gasteiger partial charge on any atom is -0.390 e. The highest BCUT2D eigenvalue weighted by molar-refractivity contribution is 7.74.